The van der Waals surface area contributed by atoms with Crippen LogP contribution < -0.4 is 10.2 Å². The minimum atomic E-state index is -0.263. The van der Waals surface area contributed by atoms with Gasteiger partial charge in [0.05, 0.1) is 0 Å². The number of nitrogens with one attached hydrogen (secondary N) is 1. The molecule has 1 aliphatic heterocycles. The van der Waals surface area contributed by atoms with E-state index in [1.807, 2.05) is 0 Å². The summed E-state index contributed by atoms with van der Waals surface area (Å²) in [6.07, 6.45) is 0.892. The predicted octanol–water partition coefficient (Wildman–Crippen LogP) is 2.96. The average Bonchev–Trinajstić information content (AvgIpc) is 2.73. The van der Waals surface area contributed by atoms with Crippen LogP contribution in [0.2, 0.25) is 0 Å². The van der Waals surface area contributed by atoms with E-state index in [1.165, 1.54) is 12.1 Å². The molecule has 0 saturated carbocycles. The van der Waals surface area contributed by atoms with Gasteiger partial charge in [-0.1, -0.05) is 19.9 Å². The molecule has 1 aromatic carbocycles. The van der Waals surface area contributed by atoms with Crippen LogP contribution in [-0.2, 0) is 0 Å². The van der Waals surface area contributed by atoms with Crippen LogP contribution in [0, 0.1) is 11.7 Å². The lowest BCUT2D eigenvalue weighted by atomic mass is 10.1. The zero-order valence-electron chi connectivity index (χ0n) is 16.9. The highest BCUT2D eigenvalue weighted by Gasteiger charge is 2.24. The maximum absolute atomic E-state index is 13.1. The van der Waals surface area contributed by atoms with Gasteiger partial charge in [0.15, 0.2) is 0 Å². The Hall–Kier alpha value is -2.96. The third-order valence-corrected chi connectivity index (χ3v) is 4.97. The number of aromatic nitrogens is 1. The number of hydrogen-bond donors (Lipinski definition) is 1. The van der Waals surface area contributed by atoms with E-state index in [0.29, 0.717) is 38.6 Å². The van der Waals surface area contributed by atoms with Crippen LogP contribution in [0.15, 0.2) is 42.5 Å². The zero-order valence-corrected chi connectivity index (χ0v) is 16.9. The highest BCUT2D eigenvalue weighted by molar-refractivity contribution is 5.96. The van der Waals surface area contributed by atoms with Gasteiger partial charge in [0, 0.05) is 38.4 Å². The number of nitrogens with zero attached hydrogens (tertiary/aromatic N) is 3. The molecule has 1 N–H and O–H groups in total. The molecular formula is C22H27FN4O2. The Bertz CT molecular complexity index is 846. The quantitative estimate of drug-likeness (QED) is 0.813. The number of hydrogen-bond acceptors (Lipinski definition) is 4. The maximum atomic E-state index is 13.1. The Morgan fingerprint density at radius 2 is 1.69 bits per heavy atom. The summed E-state index contributed by atoms with van der Waals surface area (Å²) >= 11 is 0. The van der Waals surface area contributed by atoms with Gasteiger partial charge in [-0.15, -0.1) is 0 Å². The molecule has 1 aromatic heterocycles. The number of carbonyl (C=O) groups is 2. The van der Waals surface area contributed by atoms with E-state index >= 15 is 0 Å². The van der Waals surface area contributed by atoms with Crippen molar-refractivity contribution >= 4 is 17.5 Å². The molecular weight excluding hydrogens is 371 g/mol. The fraction of sp³-hybridized carbons (Fsp3) is 0.409. The van der Waals surface area contributed by atoms with E-state index in [2.05, 4.69) is 29.0 Å². The Kier molecular flexibility index (Phi) is 6.80. The second-order valence-corrected chi connectivity index (χ2v) is 7.60. The van der Waals surface area contributed by atoms with Gasteiger partial charge in [0.25, 0.3) is 11.8 Å². The minimum Gasteiger partial charge on any atom is -0.368 e. The van der Waals surface area contributed by atoms with Crippen molar-refractivity contribution in [3.05, 3.63) is 59.7 Å². The predicted molar refractivity (Wildman–Crippen MR) is 111 cm³/mol. The van der Waals surface area contributed by atoms with Crippen molar-refractivity contribution in [1.29, 1.82) is 0 Å². The fourth-order valence-electron chi connectivity index (χ4n) is 3.23. The number of benzene rings is 1. The van der Waals surface area contributed by atoms with Gasteiger partial charge in [0.2, 0.25) is 0 Å². The van der Waals surface area contributed by atoms with E-state index < -0.39 is 0 Å². The molecule has 2 aromatic rings. The number of amides is 2. The monoisotopic (exact) mass is 398 g/mol. The summed E-state index contributed by atoms with van der Waals surface area (Å²) in [5.74, 6) is -0.200. The summed E-state index contributed by atoms with van der Waals surface area (Å²) in [5, 5.41) is 2.84. The lowest BCUT2D eigenvalue weighted by Gasteiger charge is -2.36. The van der Waals surface area contributed by atoms with Gasteiger partial charge in [0.1, 0.15) is 17.2 Å². The summed E-state index contributed by atoms with van der Waals surface area (Å²) in [5.41, 5.74) is 1.47. The molecule has 1 aliphatic rings. The summed E-state index contributed by atoms with van der Waals surface area (Å²) < 4.78 is 13.1. The van der Waals surface area contributed by atoms with Crippen molar-refractivity contribution < 1.29 is 14.0 Å². The molecule has 0 atom stereocenters. The van der Waals surface area contributed by atoms with E-state index in [4.69, 9.17) is 0 Å². The van der Waals surface area contributed by atoms with Crippen molar-refractivity contribution in [1.82, 2.24) is 15.2 Å². The molecule has 29 heavy (non-hydrogen) atoms. The van der Waals surface area contributed by atoms with Gasteiger partial charge in [-0.05, 0) is 48.7 Å². The Morgan fingerprint density at radius 1 is 1.03 bits per heavy atom. The molecule has 7 heteroatoms. The number of rotatable bonds is 6. The minimum absolute atomic E-state index is 0.180. The Morgan fingerprint density at radius 3 is 2.34 bits per heavy atom. The lowest BCUT2D eigenvalue weighted by Crippen LogP contribution is -2.49. The smallest absolute Gasteiger partial charge is 0.272 e. The van der Waals surface area contributed by atoms with E-state index in [-0.39, 0.29) is 29.0 Å². The fourth-order valence-corrected chi connectivity index (χ4v) is 3.23. The molecule has 3 rings (SSSR count). The standard InChI is InChI=1S/C22H27FN4O2/c1-16(2)10-11-24-21(28)19-4-3-5-20(25-19)22(29)27-14-12-26(13-15-27)18-8-6-17(23)7-9-18/h3-9,16H,10-15H2,1-2H3,(H,24,28). The van der Waals surface area contributed by atoms with Crippen molar-refractivity contribution in [3.63, 3.8) is 0 Å². The summed E-state index contributed by atoms with van der Waals surface area (Å²) in [6, 6.07) is 11.3. The van der Waals surface area contributed by atoms with Crippen LogP contribution in [0.1, 0.15) is 41.2 Å². The number of piperazine rings is 1. The molecule has 0 spiro atoms. The van der Waals surface area contributed by atoms with Crippen LogP contribution in [0.25, 0.3) is 0 Å². The Balaban J connectivity index is 1.58. The van der Waals surface area contributed by atoms with Crippen LogP contribution in [0.3, 0.4) is 0 Å². The van der Waals surface area contributed by atoms with Crippen LogP contribution in [0.5, 0.6) is 0 Å². The molecule has 0 bridgehead atoms. The molecule has 6 nitrogen and oxygen atoms in total. The summed E-state index contributed by atoms with van der Waals surface area (Å²) in [7, 11) is 0. The summed E-state index contributed by atoms with van der Waals surface area (Å²) in [6.45, 7) is 7.19. The Labute approximate surface area is 170 Å². The van der Waals surface area contributed by atoms with Gasteiger partial charge in [-0.2, -0.15) is 0 Å². The molecule has 2 amide bonds. The normalized spacial score (nSPS) is 14.2. The first-order valence-electron chi connectivity index (χ1n) is 9.99. The van der Waals surface area contributed by atoms with Gasteiger partial charge >= 0.3 is 0 Å². The summed E-state index contributed by atoms with van der Waals surface area (Å²) in [4.78, 5) is 33.2. The molecule has 0 radical (unpaired) electrons. The molecule has 0 aliphatic carbocycles. The third-order valence-electron chi connectivity index (χ3n) is 4.97. The SMILES string of the molecule is CC(C)CCNC(=O)c1cccc(C(=O)N2CCN(c3ccc(F)cc3)CC2)n1. The van der Waals surface area contributed by atoms with E-state index in [0.717, 1.165) is 12.1 Å². The third kappa shape index (κ3) is 5.53. The van der Waals surface area contributed by atoms with E-state index in [1.54, 1.807) is 35.2 Å². The second kappa shape index (κ2) is 9.49. The molecule has 0 unspecified atom stereocenters. The first-order chi connectivity index (χ1) is 13.9. The molecule has 2 heterocycles. The highest BCUT2D eigenvalue weighted by atomic mass is 19.1. The van der Waals surface area contributed by atoms with Gasteiger partial charge in [-0.25, -0.2) is 9.37 Å². The van der Waals surface area contributed by atoms with Crippen LogP contribution >= 0.6 is 0 Å². The van der Waals surface area contributed by atoms with Crippen LogP contribution in [-0.4, -0.2) is 54.4 Å². The molecule has 154 valence electrons. The van der Waals surface area contributed by atoms with Gasteiger partial charge < -0.3 is 15.1 Å². The zero-order chi connectivity index (χ0) is 20.8. The second-order valence-electron chi connectivity index (χ2n) is 7.60. The topological polar surface area (TPSA) is 65.5 Å². The maximum Gasteiger partial charge on any atom is 0.272 e. The van der Waals surface area contributed by atoms with Crippen LogP contribution in [0.4, 0.5) is 10.1 Å². The van der Waals surface area contributed by atoms with Gasteiger partial charge in [-0.3, -0.25) is 9.59 Å². The first-order valence-corrected chi connectivity index (χ1v) is 9.99. The average molecular weight is 398 g/mol. The first kappa shape index (κ1) is 20.8. The molecule has 1 fully saturated rings. The number of pyridine rings is 1. The van der Waals surface area contributed by atoms with E-state index in [9.17, 15) is 14.0 Å². The number of halogens is 1. The molecule has 1 saturated heterocycles. The number of anilines is 1. The van der Waals surface area contributed by atoms with Crippen molar-refractivity contribution in [2.45, 2.75) is 20.3 Å². The largest absolute Gasteiger partial charge is 0.368 e. The highest BCUT2D eigenvalue weighted by Crippen LogP contribution is 2.17. The number of carbonyl (C=O) groups excluding carboxylic acids is 2. The lowest BCUT2D eigenvalue weighted by molar-refractivity contribution is 0.0740. The van der Waals surface area contributed by atoms with Crippen molar-refractivity contribution in [3.8, 4) is 0 Å². The van der Waals surface area contributed by atoms with Crippen molar-refractivity contribution in [2.24, 2.45) is 5.92 Å². The van der Waals surface area contributed by atoms with Crippen molar-refractivity contribution in [2.75, 3.05) is 37.6 Å².